The van der Waals surface area contributed by atoms with E-state index in [-0.39, 0.29) is 16.9 Å². The fraction of sp³-hybridized carbons (Fsp3) is 0.257. The minimum atomic E-state index is -0.202. The average molecular weight is 519 g/mol. The molecule has 0 saturated heterocycles. The highest BCUT2D eigenvalue weighted by molar-refractivity contribution is 5.88. The maximum atomic E-state index is 10.4. The highest BCUT2D eigenvalue weighted by Crippen LogP contribution is 2.31. The number of hydrogen-bond donors (Lipinski definition) is 2. The molecule has 0 aliphatic carbocycles. The molecule has 4 aromatic carbocycles. The van der Waals surface area contributed by atoms with Gasteiger partial charge in [0.2, 0.25) is 0 Å². The van der Waals surface area contributed by atoms with Crippen molar-refractivity contribution >= 4 is 12.4 Å². The van der Waals surface area contributed by atoms with E-state index in [4.69, 9.17) is 0 Å². The second-order valence-corrected chi connectivity index (χ2v) is 11.2. The van der Waals surface area contributed by atoms with Crippen molar-refractivity contribution in [1.82, 2.24) is 0 Å². The molecule has 200 valence electrons. The van der Waals surface area contributed by atoms with Crippen molar-refractivity contribution in [3.05, 3.63) is 106 Å². The number of rotatable bonds is 8. The quantitative estimate of drug-likeness (QED) is 0.231. The first-order chi connectivity index (χ1) is 18.6. The van der Waals surface area contributed by atoms with Crippen molar-refractivity contribution in [2.24, 2.45) is 15.4 Å². The lowest BCUT2D eigenvalue weighted by Gasteiger charge is -2.19. The van der Waals surface area contributed by atoms with E-state index >= 15 is 0 Å². The van der Waals surface area contributed by atoms with Crippen LogP contribution in [0.15, 0.2) is 82.8 Å². The maximum Gasteiger partial charge on any atom is 0.124 e. The molecule has 0 aliphatic rings. The SMILES string of the molecule is Cc1cccc(C)c1-c1ccc(O)c(/C=N/CC(C)(C)C/N=C/c2cc(-c3c(C)cccc3C)ccc2O)c1. The molecule has 0 unspecified atom stereocenters. The van der Waals surface area contributed by atoms with E-state index in [1.807, 2.05) is 24.3 Å². The first-order valence-electron chi connectivity index (χ1n) is 13.3. The number of hydrogen-bond acceptors (Lipinski definition) is 4. The van der Waals surface area contributed by atoms with Crippen molar-refractivity contribution in [2.75, 3.05) is 13.1 Å². The van der Waals surface area contributed by atoms with Crippen LogP contribution in [-0.2, 0) is 0 Å². The van der Waals surface area contributed by atoms with Crippen LogP contribution >= 0.6 is 0 Å². The van der Waals surface area contributed by atoms with Crippen LogP contribution in [0.5, 0.6) is 11.5 Å². The Morgan fingerprint density at radius 3 is 1.31 bits per heavy atom. The van der Waals surface area contributed by atoms with Crippen molar-refractivity contribution in [1.29, 1.82) is 0 Å². The molecular weight excluding hydrogens is 480 g/mol. The average Bonchev–Trinajstić information content (AvgIpc) is 2.87. The molecule has 39 heavy (non-hydrogen) atoms. The first-order valence-corrected chi connectivity index (χ1v) is 13.3. The van der Waals surface area contributed by atoms with Crippen LogP contribution in [0, 0.1) is 33.1 Å². The van der Waals surface area contributed by atoms with Crippen LogP contribution in [0.2, 0.25) is 0 Å². The van der Waals surface area contributed by atoms with Crippen LogP contribution in [0.3, 0.4) is 0 Å². The van der Waals surface area contributed by atoms with Gasteiger partial charge in [-0.2, -0.15) is 0 Å². The third kappa shape index (κ3) is 6.64. The summed E-state index contributed by atoms with van der Waals surface area (Å²) in [5.74, 6) is 0.424. The van der Waals surface area contributed by atoms with Gasteiger partial charge in [-0.3, -0.25) is 9.98 Å². The summed E-state index contributed by atoms with van der Waals surface area (Å²) in [5, 5.41) is 20.9. The van der Waals surface area contributed by atoms with Crippen LogP contribution in [0.4, 0.5) is 0 Å². The largest absolute Gasteiger partial charge is 0.507 e. The van der Waals surface area contributed by atoms with Crippen LogP contribution < -0.4 is 0 Å². The van der Waals surface area contributed by atoms with Gasteiger partial charge in [0.25, 0.3) is 0 Å². The summed E-state index contributed by atoms with van der Waals surface area (Å²) in [6.45, 7) is 13.7. The van der Waals surface area contributed by atoms with E-state index < -0.39 is 0 Å². The van der Waals surface area contributed by atoms with E-state index in [1.54, 1.807) is 24.6 Å². The molecular formula is C35H38N2O2. The third-order valence-electron chi connectivity index (χ3n) is 7.09. The molecule has 0 spiro atoms. The lowest BCUT2D eigenvalue weighted by molar-refractivity contribution is 0.396. The minimum Gasteiger partial charge on any atom is -0.507 e. The molecule has 0 saturated carbocycles. The Morgan fingerprint density at radius 2 is 0.949 bits per heavy atom. The van der Waals surface area contributed by atoms with Crippen LogP contribution in [0.25, 0.3) is 22.3 Å². The number of aromatic hydroxyl groups is 2. The Morgan fingerprint density at radius 1 is 0.590 bits per heavy atom. The number of aliphatic imine (C=N–C) groups is 2. The molecule has 4 aromatic rings. The Hall–Kier alpha value is -4.18. The molecule has 4 heteroatoms. The maximum absolute atomic E-state index is 10.4. The van der Waals surface area contributed by atoms with Gasteiger partial charge in [-0.15, -0.1) is 0 Å². The molecule has 0 radical (unpaired) electrons. The van der Waals surface area contributed by atoms with Gasteiger partial charge in [-0.05, 0) is 96.5 Å². The van der Waals surface area contributed by atoms with Crippen molar-refractivity contribution in [3.8, 4) is 33.8 Å². The van der Waals surface area contributed by atoms with Gasteiger partial charge in [0.1, 0.15) is 11.5 Å². The second kappa shape index (κ2) is 11.7. The minimum absolute atomic E-state index is 0.202. The topological polar surface area (TPSA) is 65.2 Å². The molecule has 0 amide bonds. The van der Waals surface area contributed by atoms with Gasteiger partial charge in [0, 0.05) is 42.1 Å². The fourth-order valence-corrected chi connectivity index (χ4v) is 5.00. The third-order valence-corrected chi connectivity index (χ3v) is 7.09. The number of nitrogens with zero attached hydrogens (tertiary/aromatic N) is 2. The van der Waals surface area contributed by atoms with E-state index in [0.717, 1.165) is 11.1 Å². The summed E-state index contributed by atoms with van der Waals surface area (Å²) < 4.78 is 0. The van der Waals surface area contributed by atoms with E-state index in [0.29, 0.717) is 24.2 Å². The van der Waals surface area contributed by atoms with E-state index in [1.165, 1.54) is 33.4 Å². The van der Waals surface area contributed by atoms with Gasteiger partial charge in [0.05, 0.1) is 0 Å². The van der Waals surface area contributed by atoms with E-state index in [2.05, 4.69) is 87.9 Å². The van der Waals surface area contributed by atoms with E-state index in [9.17, 15) is 10.2 Å². The highest BCUT2D eigenvalue weighted by Gasteiger charge is 2.17. The Kier molecular flexibility index (Phi) is 8.35. The lowest BCUT2D eigenvalue weighted by atomic mass is 9.93. The molecule has 0 aliphatic heterocycles. The predicted octanol–water partition coefficient (Wildman–Crippen LogP) is 8.23. The second-order valence-electron chi connectivity index (χ2n) is 11.2. The van der Waals surface area contributed by atoms with Crippen molar-refractivity contribution in [2.45, 2.75) is 41.5 Å². The zero-order valence-corrected chi connectivity index (χ0v) is 23.8. The van der Waals surface area contributed by atoms with Gasteiger partial charge >= 0.3 is 0 Å². The molecule has 0 heterocycles. The van der Waals surface area contributed by atoms with Gasteiger partial charge in [-0.25, -0.2) is 0 Å². The number of aryl methyl sites for hydroxylation is 4. The summed E-state index contributed by atoms with van der Waals surface area (Å²) in [5.41, 5.74) is 10.5. The van der Waals surface area contributed by atoms with Crippen molar-refractivity contribution < 1.29 is 10.2 Å². The molecule has 0 fully saturated rings. The summed E-state index contributed by atoms with van der Waals surface area (Å²) in [6.07, 6.45) is 3.50. The van der Waals surface area contributed by atoms with Crippen molar-refractivity contribution in [3.63, 3.8) is 0 Å². The number of phenols is 2. The molecule has 0 aromatic heterocycles. The monoisotopic (exact) mass is 518 g/mol. The highest BCUT2D eigenvalue weighted by atomic mass is 16.3. The van der Waals surface area contributed by atoms with Crippen LogP contribution in [0.1, 0.15) is 47.2 Å². The summed E-state index contributed by atoms with van der Waals surface area (Å²) in [7, 11) is 0. The number of benzene rings is 4. The van der Waals surface area contributed by atoms with Crippen LogP contribution in [-0.4, -0.2) is 35.7 Å². The Bertz CT molecular complexity index is 1390. The molecule has 0 atom stereocenters. The molecule has 0 bridgehead atoms. The predicted molar refractivity (Wildman–Crippen MR) is 165 cm³/mol. The zero-order valence-electron chi connectivity index (χ0n) is 23.8. The van der Waals surface area contributed by atoms with Gasteiger partial charge in [0.15, 0.2) is 0 Å². The first kappa shape index (κ1) is 27.8. The molecule has 4 rings (SSSR count). The lowest BCUT2D eigenvalue weighted by Crippen LogP contribution is -2.19. The Labute approximate surface area is 232 Å². The summed E-state index contributed by atoms with van der Waals surface area (Å²) in [4.78, 5) is 9.32. The zero-order chi connectivity index (χ0) is 28.2. The molecule has 2 N–H and O–H groups in total. The summed E-state index contributed by atoms with van der Waals surface area (Å²) >= 11 is 0. The normalized spacial score (nSPS) is 12.1. The van der Waals surface area contributed by atoms with Gasteiger partial charge < -0.3 is 10.2 Å². The van der Waals surface area contributed by atoms with Gasteiger partial charge in [-0.1, -0.05) is 62.4 Å². The number of phenolic OH excluding ortho intramolecular Hbond substituents is 2. The summed E-state index contributed by atoms with van der Waals surface area (Å²) in [6, 6.07) is 23.9. The Balaban J connectivity index is 1.46. The smallest absolute Gasteiger partial charge is 0.124 e. The fourth-order valence-electron chi connectivity index (χ4n) is 5.00. The standard InChI is InChI=1S/C35H38N2O2/c1-23-9-7-10-24(2)33(23)27-13-15-31(38)29(17-27)19-36-21-35(5,6)22-37-20-30-18-28(14-16-32(30)39)34-25(3)11-8-12-26(34)4/h7-20,38-39H,21-22H2,1-6H3/b36-19+,37-20+. The molecule has 4 nitrogen and oxygen atoms in total.